The molecule has 2 rings (SSSR count). The van der Waals surface area contributed by atoms with Crippen molar-refractivity contribution in [3.63, 3.8) is 0 Å². The lowest BCUT2D eigenvalue weighted by atomic mass is 10.1. The van der Waals surface area contributed by atoms with Gasteiger partial charge in [-0.2, -0.15) is 0 Å². The van der Waals surface area contributed by atoms with Crippen LogP contribution in [0.4, 0.5) is 0 Å². The molecule has 5 nitrogen and oxygen atoms in total. The molecule has 1 aromatic carbocycles. The van der Waals surface area contributed by atoms with Crippen molar-refractivity contribution in [1.29, 1.82) is 0 Å². The van der Waals surface area contributed by atoms with Gasteiger partial charge in [-0.3, -0.25) is 0 Å². The first-order chi connectivity index (χ1) is 9.67. The fourth-order valence-corrected chi connectivity index (χ4v) is 1.84. The van der Waals surface area contributed by atoms with E-state index in [-0.39, 0.29) is 17.9 Å². The molecule has 0 unspecified atom stereocenters. The second-order valence-electron chi connectivity index (χ2n) is 4.24. The van der Waals surface area contributed by atoms with Gasteiger partial charge in [-0.05, 0) is 31.2 Å². The Balaban J connectivity index is 2.47. The van der Waals surface area contributed by atoms with E-state index in [9.17, 15) is 9.90 Å². The number of aromatic hydroxyl groups is 1. The molecule has 0 atom stereocenters. The van der Waals surface area contributed by atoms with Crippen molar-refractivity contribution in [1.82, 2.24) is 0 Å². The molecule has 20 heavy (non-hydrogen) atoms. The standard InChI is InChI=1S/C15H16O5/c1-2-4-11-14(17)12-9-10(19-8-3-7-16)5-6-13(12)20-15(11)18/h2,4-6,9,16-17H,3,7-8H2,1H3. The van der Waals surface area contributed by atoms with Crippen LogP contribution >= 0.6 is 0 Å². The zero-order valence-corrected chi connectivity index (χ0v) is 11.1. The van der Waals surface area contributed by atoms with Gasteiger partial charge in [0.1, 0.15) is 22.6 Å². The quantitative estimate of drug-likeness (QED) is 0.647. The van der Waals surface area contributed by atoms with Crippen LogP contribution in [0.3, 0.4) is 0 Å². The third-order valence-corrected chi connectivity index (χ3v) is 2.79. The van der Waals surface area contributed by atoms with Crippen LogP contribution in [0.2, 0.25) is 0 Å². The maximum absolute atomic E-state index is 11.7. The smallest absolute Gasteiger partial charge is 0.347 e. The van der Waals surface area contributed by atoms with E-state index >= 15 is 0 Å². The molecule has 0 saturated heterocycles. The summed E-state index contributed by atoms with van der Waals surface area (Å²) in [5.74, 6) is 0.420. The predicted octanol–water partition coefficient (Wildman–Crippen LogP) is 2.29. The summed E-state index contributed by atoms with van der Waals surface area (Å²) in [6, 6.07) is 4.83. The van der Waals surface area contributed by atoms with Gasteiger partial charge in [-0.1, -0.05) is 6.08 Å². The Morgan fingerprint density at radius 2 is 2.20 bits per heavy atom. The molecule has 0 aliphatic heterocycles. The highest BCUT2D eigenvalue weighted by Crippen LogP contribution is 2.30. The number of aliphatic hydroxyl groups is 1. The van der Waals surface area contributed by atoms with Crippen molar-refractivity contribution >= 4 is 17.0 Å². The molecule has 1 heterocycles. The van der Waals surface area contributed by atoms with E-state index in [0.717, 1.165) is 0 Å². The number of rotatable bonds is 5. The Morgan fingerprint density at radius 3 is 2.90 bits per heavy atom. The third-order valence-electron chi connectivity index (χ3n) is 2.79. The average molecular weight is 276 g/mol. The molecule has 0 saturated carbocycles. The van der Waals surface area contributed by atoms with E-state index in [4.69, 9.17) is 14.3 Å². The first-order valence-electron chi connectivity index (χ1n) is 6.33. The monoisotopic (exact) mass is 276 g/mol. The maximum Gasteiger partial charge on any atom is 0.347 e. The second kappa shape index (κ2) is 6.25. The van der Waals surface area contributed by atoms with Gasteiger partial charge in [-0.15, -0.1) is 0 Å². The van der Waals surface area contributed by atoms with E-state index in [1.54, 1.807) is 31.2 Å². The van der Waals surface area contributed by atoms with Crippen LogP contribution in [0.25, 0.3) is 17.0 Å². The molecule has 2 aromatic rings. The number of fused-ring (bicyclic) bond motifs is 1. The highest BCUT2D eigenvalue weighted by molar-refractivity contribution is 5.87. The Bertz CT molecular complexity index is 684. The molecule has 0 bridgehead atoms. The van der Waals surface area contributed by atoms with Gasteiger partial charge in [0.15, 0.2) is 0 Å². The summed E-state index contributed by atoms with van der Waals surface area (Å²) in [5.41, 5.74) is -0.162. The van der Waals surface area contributed by atoms with Crippen molar-refractivity contribution in [3.05, 3.63) is 40.3 Å². The number of ether oxygens (including phenoxy) is 1. The van der Waals surface area contributed by atoms with Crippen molar-refractivity contribution in [2.24, 2.45) is 0 Å². The van der Waals surface area contributed by atoms with Gasteiger partial charge in [0.2, 0.25) is 0 Å². The third kappa shape index (κ3) is 2.83. The summed E-state index contributed by atoms with van der Waals surface area (Å²) >= 11 is 0. The van der Waals surface area contributed by atoms with E-state index in [0.29, 0.717) is 29.7 Å². The molecule has 0 aliphatic rings. The van der Waals surface area contributed by atoms with Gasteiger partial charge in [0, 0.05) is 13.0 Å². The van der Waals surface area contributed by atoms with Crippen molar-refractivity contribution in [3.8, 4) is 11.5 Å². The number of hydrogen-bond donors (Lipinski definition) is 2. The van der Waals surface area contributed by atoms with Gasteiger partial charge in [0.05, 0.1) is 12.0 Å². The molecule has 0 fully saturated rings. The molecule has 0 spiro atoms. The van der Waals surface area contributed by atoms with E-state index in [1.807, 2.05) is 0 Å². The lowest BCUT2D eigenvalue weighted by molar-refractivity contribution is 0.233. The van der Waals surface area contributed by atoms with Crippen LogP contribution in [-0.4, -0.2) is 23.4 Å². The fraction of sp³-hybridized carbons (Fsp3) is 0.267. The summed E-state index contributed by atoms with van der Waals surface area (Å²) in [5, 5.41) is 19.3. The van der Waals surface area contributed by atoms with Crippen LogP contribution in [0.5, 0.6) is 11.5 Å². The highest BCUT2D eigenvalue weighted by atomic mass is 16.5. The van der Waals surface area contributed by atoms with Crippen LogP contribution in [-0.2, 0) is 0 Å². The first kappa shape index (κ1) is 14.1. The summed E-state index contributed by atoms with van der Waals surface area (Å²) in [6.45, 7) is 2.18. The number of benzene rings is 1. The Hall–Kier alpha value is -2.27. The molecule has 2 N–H and O–H groups in total. The zero-order chi connectivity index (χ0) is 14.5. The Kier molecular flexibility index (Phi) is 4.42. The van der Waals surface area contributed by atoms with E-state index in [2.05, 4.69) is 0 Å². The van der Waals surface area contributed by atoms with Gasteiger partial charge >= 0.3 is 5.63 Å². The summed E-state index contributed by atoms with van der Waals surface area (Å²) in [4.78, 5) is 11.7. The fourth-order valence-electron chi connectivity index (χ4n) is 1.84. The maximum atomic E-state index is 11.7. The molecule has 0 aliphatic carbocycles. The van der Waals surface area contributed by atoms with E-state index < -0.39 is 5.63 Å². The average Bonchev–Trinajstić information content (AvgIpc) is 2.44. The summed E-state index contributed by atoms with van der Waals surface area (Å²) in [7, 11) is 0. The zero-order valence-electron chi connectivity index (χ0n) is 11.1. The number of hydrogen-bond acceptors (Lipinski definition) is 5. The molecule has 106 valence electrons. The molecule has 0 radical (unpaired) electrons. The van der Waals surface area contributed by atoms with Crippen molar-refractivity contribution in [2.75, 3.05) is 13.2 Å². The normalized spacial score (nSPS) is 11.3. The number of aliphatic hydroxyl groups excluding tert-OH is 1. The van der Waals surface area contributed by atoms with Crippen LogP contribution < -0.4 is 10.4 Å². The Labute approximate surface area is 115 Å². The Morgan fingerprint density at radius 1 is 1.40 bits per heavy atom. The summed E-state index contributed by atoms with van der Waals surface area (Å²) < 4.78 is 10.6. The van der Waals surface area contributed by atoms with Gasteiger partial charge < -0.3 is 19.4 Å². The van der Waals surface area contributed by atoms with E-state index in [1.165, 1.54) is 6.08 Å². The highest BCUT2D eigenvalue weighted by Gasteiger charge is 2.12. The van der Waals surface area contributed by atoms with Crippen LogP contribution in [0.1, 0.15) is 18.9 Å². The molecular formula is C15H16O5. The second-order valence-corrected chi connectivity index (χ2v) is 4.24. The minimum absolute atomic E-state index is 0.0547. The first-order valence-corrected chi connectivity index (χ1v) is 6.33. The molecule has 1 aromatic heterocycles. The SMILES string of the molecule is CC=Cc1c(O)c2cc(OCCCO)ccc2oc1=O. The van der Waals surface area contributed by atoms with Crippen molar-refractivity contribution < 1.29 is 19.4 Å². The minimum Gasteiger partial charge on any atom is -0.506 e. The van der Waals surface area contributed by atoms with Crippen molar-refractivity contribution in [2.45, 2.75) is 13.3 Å². The molecule has 5 heteroatoms. The number of allylic oxidation sites excluding steroid dienone is 1. The molecular weight excluding hydrogens is 260 g/mol. The molecule has 0 amide bonds. The lowest BCUT2D eigenvalue weighted by Crippen LogP contribution is -2.04. The predicted molar refractivity (Wildman–Crippen MR) is 76.1 cm³/mol. The largest absolute Gasteiger partial charge is 0.506 e. The van der Waals surface area contributed by atoms with Gasteiger partial charge in [-0.25, -0.2) is 4.79 Å². The van der Waals surface area contributed by atoms with Crippen LogP contribution in [0.15, 0.2) is 33.5 Å². The summed E-state index contributed by atoms with van der Waals surface area (Å²) in [6.07, 6.45) is 3.68. The van der Waals surface area contributed by atoms with Gasteiger partial charge in [0.25, 0.3) is 0 Å². The lowest BCUT2D eigenvalue weighted by Gasteiger charge is -2.07. The van der Waals surface area contributed by atoms with Crippen LogP contribution in [0, 0.1) is 0 Å². The topological polar surface area (TPSA) is 79.9 Å². The minimum atomic E-state index is -0.581.